The molecule has 4 aromatic rings. The molecular weight excluding hydrogens is 492 g/mol. The average molecular weight is 513 g/mol. The largest absolute Gasteiger partial charge is 0.489 e. The zero-order valence-electron chi connectivity index (χ0n) is 18.4. The highest BCUT2D eigenvalue weighted by atomic mass is 79.9. The predicted molar refractivity (Wildman–Crippen MR) is 133 cm³/mol. The van der Waals surface area contributed by atoms with E-state index in [0.717, 1.165) is 38.3 Å². The number of fused-ring (bicyclic) bond motifs is 1. The summed E-state index contributed by atoms with van der Waals surface area (Å²) in [4.78, 5) is 0. The van der Waals surface area contributed by atoms with E-state index in [4.69, 9.17) is 20.3 Å². The monoisotopic (exact) mass is 512 g/mol. The van der Waals surface area contributed by atoms with Crippen LogP contribution in [0.25, 0.3) is 5.69 Å². The smallest absolute Gasteiger partial charge is 0.229 e. The average Bonchev–Trinajstić information content (AvgIpc) is 3.19. The fourth-order valence-electron chi connectivity index (χ4n) is 4.10. The summed E-state index contributed by atoms with van der Waals surface area (Å²) < 4.78 is 14.6. The molecular formula is C27H21BrN4O2. The van der Waals surface area contributed by atoms with Gasteiger partial charge in [-0.25, -0.2) is 4.68 Å². The van der Waals surface area contributed by atoms with Gasteiger partial charge in [-0.05, 0) is 54.4 Å². The minimum absolute atomic E-state index is 0.0858. The van der Waals surface area contributed by atoms with Gasteiger partial charge in [-0.2, -0.15) is 10.4 Å². The highest BCUT2D eigenvalue weighted by Gasteiger charge is 2.36. The van der Waals surface area contributed by atoms with E-state index in [0.29, 0.717) is 18.1 Å². The van der Waals surface area contributed by atoms with Gasteiger partial charge in [0.25, 0.3) is 0 Å². The van der Waals surface area contributed by atoms with Crippen molar-refractivity contribution >= 4 is 15.9 Å². The summed E-state index contributed by atoms with van der Waals surface area (Å²) in [6.45, 7) is 2.40. The third-order valence-corrected chi connectivity index (χ3v) is 6.29. The van der Waals surface area contributed by atoms with Crippen molar-refractivity contribution in [2.45, 2.75) is 19.4 Å². The standard InChI is InChI=1S/C27H21BrN4O2/c1-17-24-25(19-7-13-22(14-8-19)33-16-18-5-3-2-4-6-18)23(15-29)26(30)34-27(24)32(31-17)21-11-9-20(28)10-12-21/h2-14,25H,16,30H2,1H3/t25-/m0/s1. The lowest BCUT2D eigenvalue weighted by Crippen LogP contribution is -2.22. The number of aromatic nitrogens is 2. The van der Waals surface area contributed by atoms with E-state index in [1.165, 1.54) is 0 Å². The van der Waals surface area contributed by atoms with Gasteiger partial charge in [-0.1, -0.05) is 58.4 Å². The van der Waals surface area contributed by atoms with E-state index in [-0.39, 0.29) is 11.8 Å². The first-order valence-electron chi connectivity index (χ1n) is 10.7. The second kappa shape index (κ2) is 9.08. The van der Waals surface area contributed by atoms with Gasteiger partial charge in [0.1, 0.15) is 24.0 Å². The van der Waals surface area contributed by atoms with Crippen molar-refractivity contribution < 1.29 is 9.47 Å². The molecule has 5 rings (SSSR count). The third kappa shape index (κ3) is 4.04. The van der Waals surface area contributed by atoms with Gasteiger partial charge in [-0.15, -0.1) is 0 Å². The molecule has 0 saturated heterocycles. The molecule has 1 aliphatic heterocycles. The Morgan fingerprint density at radius 2 is 1.76 bits per heavy atom. The van der Waals surface area contributed by atoms with E-state index < -0.39 is 0 Å². The molecule has 0 amide bonds. The topological polar surface area (TPSA) is 86.1 Å². The normalized spacial score (nSPS) is 14.8. The Hall–Kier alpha value is -4.02. The number of benzene rings is 3. The number of aryl methyl sites for hydroxylation is 1. The molecule has 0 fully saturated rings. The van der Waals surface area contributed by atoms with Gasteiger partial charge < -0.3 is 15.2 Å². The molecule has 1 aliphatic rings. The summed E-state index contributed by atoms with van der Waals surface area (Å²) in [5, 5.41) is 14.6. The lowest BCUT2D eigenvalue weighted by molar-refractivity contribution is 0.306. The highest BCUT2D eigenvalue weighted by Crippen LogP contribution is 2.44. The van der Waals surface area contributed by atoms with Crippen molar-refractivity contribution in [3.8, 4) is 23.4 Å². The molecule has 2 heterocycles. The molecule has 168 valence electrons. The van der Waals surface area contributed by atoms with E-state index in [1.54, 1.807) is 4.68 Å². The maximum absolute atomic E-state index is 9.90. The van der Waals surface area contributed by atoms with Gasteiger partial charge in [-0.3, -0.25) is 0 Å². The van der Waals surface area contributed by atoms with E-state index in [9.17, 15) is 5.26 Å². The number of rotatable bonds is 5. The number of allylic oxidation sites excluding steroid dienone is 1. The van der Waals surface area contributed by atoms with Gasteiger partial charge in [0.2, 0.25) is 11.8 Å². The van der Waals surface area contributed by atoms with E-state index >= 15 is 0 Å². The summed E-state index contributed by atoms with van der Waals surface area (Å²) in [6, 6.07) is 27.7. The summed E-state index contributed by atoms with van der Waals surface area (Å²) in [6.07, 6.45) is 0. The number of hydrogen-bond donors (Lipinski definition) is 1. The van der Waals surface area contributed by atoms with Crippen LogP contribution in [0, 0.1) is 18.3 Å². The minimum atomic E-state index is -0.388. The summed E-state index contributed by atoms with van der Waals surface area (Å²) >= 11 is 3.46. The number of nitriles is 1. The maximum atomic E-state index is 9.90. The van der Waals surface area contributed by atoms with Crippen LogP contribution < -0.4 is 15.2 Å². The molecule has 3 aromatic carbocycles. The second-order valence-corrected chi connectivity index (χ2v) is 8.88. The Morgan fingerprint density at radius 1 is 1.06 bits per heavy atom. The first-order valence-corrected chi connectivity index (χ1v) is 11.5. The molecule has 1 aromatic heterocycles. The van der Waals surface area contributed by atoms with Gasteiger partial charge in [0, 0.05) is 4.47 Å². The quantitative estimate of drug-likeness (QED) is 0.368. The van der Waals surface area contributed by atoms with Crippen LogP contribution in [-0.4, -0.2) is 9.78 Å². The van der Waals surface area contributed by atoms with Crippen molar-refractivity contribution in [1.82, 2.24) is 9.78 Å². The SMILES string of the molecule is Cc1nn(-c2ccc(Br)cc2)c2c1[C@@H](c1ccc(OCc3ccccc3)cc1)C(C#N)=C(N)O2. The number of nitrogens with two attached hydrogens (primary N) is 1. The second-order valence-electron chi connectivity index (χ2n) is 7.96. The Balaban J connectivity index is 1.50. The Bertz CT molecular complexity index is 1400. The molecule has 0 bridgehead atoms. The van der Waals surface area contributed by atoms with Gasteiger partial charge in [0.05, 0.1) is 22.9 Å². The van der Waals surface area contributed by atoms with Crippen molar-refractivity contribution in [2.75, 3.05) is 0 Å². The van der Waals surface area contributed by atoms with Crippen molar-refractivity contribution in [2.24, 2.45) is 5.73 Å². The molecule has 0 aliphatic carbocycles. The molecule has 34 heavy (non-hydrogen) atoms. The van der Waals surface area contributed by atoms with Crippen molar-refractivity contribution in [1.29, 1.82) is 5.26 Å². The first kappa shape index (κ1) is 21.8. The highest BCUT2D eigenvalue weighted by molar-refractivity contribution is 9.10. The fourth-order valence-corrected chi connectivity index (χ4v) is 4.37. The lowest BCUT2D eigenvalue weighted by atomic mass is 9.84. The van der Waals surface area contributed by atoms with Crippen LogP contribution >= 0.6 is 15.9 Å². The molecule has 2 N–H and O–H groups in total. The van der Waals surface area contributed by atoms with Crippen molar-refractivity contribution in [3.05, 3.63) is 117 Å². The Kier molecular flexibility index (Phi) is 5.83. The van der Waals surface area contributed by atoms with Crippen molar-refractivity contribution in [3.63, 3.8) is 0 Å². The predicted octanol–water partition coefficient (Wildman–Crippen LogP) is 5.74. The molecule has 6 nitrogen and oxygen atoms in total. The number of nitrogens with zero attached hydrogens (tertiary/aromatic N) is 3. The molecule has 0 saturated carbocycles. The minimum Gasteiger partial charge on any atom is -0.489 e. The maximum Gasteiger partial charge on any atom is 0.229 e. The van der Waals surface area contributed by atoms with Gasteiger partial charge in [0.15, 0.2) is 0 Å². The van der Waals surface area contributed by atoms with Crippen LogP contribution in [0.2, 0.25) is 0 Å². The van der Waals surface area contributed by atoms with Crippen LogP contribution in [0.15, 0.2) is 94.8 Å². The third-order valence-electron chi connectivity index (χ3n) is 5.77. The lowest BCUT2D eigenvalue weighted by Gasteiger charge is -2.25. The molecule has 1 atom stereocenters. The number of halogens is 1. The zero-order valence-corrected chi connectivity index (χ0v) is 20.0. The van der Waals surface area contributed by atoms with Crippen LogP contribution in [0.4, 0.5) is 0 Å². The molecule has 7 heteroatoms. The van der Waals surface area contributed by atoms with E-state index in [1.807, 2.05) is 85.8 Å². The van der Waals surface area contributed by atoms with Crippen LogP contribution in [0.3, 0.4) is 0 Å². The Morgan fingerprint density at radius 3 is 2.44 bits per heavy atom. The zero-order chi connectivity index (χ0) is 23.7. The Labute approximate surface area is 206 Å². The summed E-state index contributed by atoms with van der Waals surface area (Å²) in [5.74, 6) is 0.965. The molecule has 0 radical (unpaired) electrons. The van der Waals surface area contributed by atoms with Crippen LogP contribution in [0.5, 0.6) is 11.6 Å². The fraction of sp³-hybridized carbons (Fsp3) is 0.111. The first-order chi connectivity index (χ1) is 16.5. The number of ether oxygens (including phenoxy) is 2. The number of hydrogen-bond acceptors (Lipinski definition) is 5. The van der Waals surface area contributed by atoms with Crippen LogP contribution in [0.1, 0.15) is 28.3 Å². The van der Waals surface area contributed by atoms with Crippen LogP contribution in [-0.2, 0) is 6.61 Å². The summed E-state index contributed by atoms with van der Waals surface area (Å²) in [5.41, 5.74) is 11.0. The van der Waals surface area contributed by atoms with Gasteiger partial charge >= 0.3 is 0 Å². The molecule has 0 unspecified atom stereocenters. The molecule has 0 spiro atoms. The van der Waals surface area contributed by atoms with E-state index in [2.05, 4.69) is 22.0 Å². The summed E-state index contributed by atoms with van der Waals surface area (Å²) in [7, 11) is 0.